The zero-order chi connectivity index (χ0) is 13.2. The van der Waals surface area contributed by atoms with Gasteiger partial charge in [-0.1, -0.05) is 7.43 Å². The van der Waals surface area contributed by atoms with E-state index in [1.807, 2.05) is 0 Å². The summed E-state index contributed by atoms with van der Waals surface area (Å²) in [6.45, 7) is 0. The van der Waals surface area contributed by atoms with Crippen LogP contribution in [0.15, 0.2) is 12.1 Å². The van der Waals surface area contributed by atoms with Crippen LogP contribution in [0.1, 0.15) is 33.7 Å². The summed E-state index contributed by atoms with van der Waals surface area (Å²) in [4.78, 5) is 31.2. The fourth-order valence-corrected chi connectivity index (χ4v) is 1.26. The van der Waals surface area contributed by atoms with Gasteiger partial charge >= 0.3 is 11.9 Å². The quantitative estimate of drug-likeness (QED) is 0.423. The zero-order valence-electron chi connectivity index (χ0n) is 8.21. The first-order valence-corrected chi connectivity index (χ1v) is 4.18. The Kier molecular flexibility index (Phi) is 4.68. The maximum atomic E-state index is 10.8. The molecule has 0 aliphatic heterocycles. The van der Waals surface area contributed by atoms with E-state index >= 15 is 0 Å². The van der Waals surface area contributed by atoms with Crippen molar-refractivity contribution in [2.45, 2.75) is 7.43 Å². The Hall–Kier alpha value is -2.77. The molecule has 0 aromatic heterocycles. The number of hydrogen-bond acceptors (Lipinski definition) is 5. The number of carboxylic acids is 2. The molecule has 18 heavy (non-hydrogen) atoms. The first-order chi connectivity index (χ1) is 7.88. The van der Waals surface area contributed by atoms with E-state index < -0.39 is 33.7 Å². The van der Waals surface area contributed by atoms with Gasteiger partial charge < -0.3 is 15.6 Å². The van der Waals surface area contributed by atoms with E-state index in [-0.39, 0.29) is 13.0 Å². The molecule has 1 aromatic carbocycles. The van der Waals surface area contributed by atoms with Gasteiger partial charge in [-0.3, -0.25) is 10.1 Å². The highest BCUT2D eigenvalue weighted by Gasteiger charge is 2.28. The molecule has 3 N–H and O–H groups in total. The number of nitro benzene ring substituents is 1. The van der Waals surface area contributed by atoms with Crippen molar-refractivity contribution in [2.24, 2.45) is 0 Å². The maximum absolute atomic E-state index is 10.8. The highest BCUT2D eigenvalue weighted by molar-refractivity contribution is 6.03. The number of benzene rings is 1. The molecule has 0 radical (unpaired) electrons. The van der Waals surface area contributed by atoms with Crippen LogP contribution in [0.4, 0.5) is 5.69 Å². The van der Waals surface area contributed by atoms with E-state index in [1.165, 1.54) is 0 Å². The van der Waals surface area contributed by atoms with Crippen LogP contribution in [0.25, 0.3) is 0 Å². The number of rotatable bonds is 4. The van der Waals surface area contributed by atoms with E-state index in [9.17, 15) is 19.7 Å². The Morgan fingerprint density at radius 3 is 1.83 bits per heavy atom. The lowest BCUT2D eigenvalue weighted by atomic mass is 10.0. The van der Waals surface area contributed by atoms with Crippen LogP contribution in [-0.2, 0) is 0 Å². The first-order valence-electron chi connectivity index (χ1n) is 4.18. The number of nitrogens with zero attached hydrogens (tertiary/aromatic N) is 1. The second-order valence-corrected chi connectivity index (χ2v) is 2.98. The van der Waals surface area contributed by atoms with Gasteiger partial charge in [0.1, 0.15) is 11.1 Å². The Morgan fingerprint density at radius 1 is 1.22 bits per heavy atom. The van der Waals surface area contributed by atoms with Crippen molar-refractivity contribution in [3.8, 4) is 0 Å². The van der Waals surface area contributed by atoms with Crippen LogP contribution >= 0.6 is 0 Å². The molecule has 0 atom stereocenters. The molecule has 0 unspecified atom stereocenters. The van der Waals surface area contributed by atoms with E-state index in [4.69, 9.17) is 15.6 Å². The Morgan fingerprint density at radius 2 is 1.61 bits per heavy atom. The van der Waals surface area contributed by atoms with Crippen molar-refractivity contribution in [3.05, 3.63) is 38.9 Å². The number of carbonyl (C=O) groups is 2. The molecule has 96 valence electrons. The van der Waals surface area contributed by atoms with Crippen molar-refractivity contribution in [3.63, 3.8) is 0 Å². The first kappa shape index (κ1) is 15.2. The minimum atomic E-state index is -1.62. The third-order valence-electron chi connectivity index (χ3n) is 1.94. The Balaban J connectivity index is 0.00000289. The maximum Gasteiger partial charge on any atom is 0.342 e. The summed E-state index contributed by atoms with van der Waals surface area (Å²) in [5.74, 6) is -3.24. The van der Waals surface area contributed by atoms with Crippen LogP contribution in [0, 0.1) is 15.5 Å². The topological polar surface area (TPSA) is 142 Å². The summed E-state index contributed by atoms with van der Waals surface area (Å²) in [5.41, 5.74) is -2.54. The molecule has 0 heterocycles. The monoisotopic (exact) mass is 254 g/mol. The van der Waals surface area contributed by atoms with Crippen LogP contribution < -0.4 is 0 Å². The zero-order valence-corrected chi connectivity index (χ0v) is 8.21. The summed E-state index contributed by atoms with van der Waals surface area (Å²) in [6.07, 6.45) is 0.711. The van der Waals surface area contributed by atoms with Crippen LogP contribution in [0.5, 0.6) is 0 Å². The van der Waals surface area contributed by atoms with Gasteiger partial charge in [0.05, 0.1) is 4.92 Å². The molecule has 1 aromatic rings. The molecule has 0 bridgehead atoms. The van der Waals surface area contributed by atoms with Crippen molar-refractivity contribution in [2.75, 3.05) is 0 Å². The minimum absolute atomic E-state index is 0. The van der Waals surface area contributed by atoms with Gasteiger partial charge in [0.2, 0.25) is 0 Å². The van der Waals surface area contributed by atoms with Gasteiger partial charge in [-0.15, -0.1) is 0 Å². The van der Waals surface area contributed by atoms with Crippen molar-refractivity contribution < 1.29 is 24.7 Å². The molecular weight excluding hydrogens is 244 g/mol. The lowest BCUT2D eigenvalue weighted by molar-refractivity contribution is -0.385. The van der Waals surface area contributed by atoms with Gasteiger partial charge in [-0.25, -0.2) is 9.59 Å². The van der Waals surface area contributed by atoms with Gasteiger partial charge in [-0.05, 0) is 17.7 Å². The summed E-state index contributed by atoms with van der Waals surface area (Å²) in [7, 11) is 0. The van der Waals surface area contributed by atoms with Gasteiger partial charge in [0.15, 0.2) is 0 Å². The summed E-state index contributed by atoms with van der Waals surface area (Å²) in [5, 5.41) is 35.1. The third-order valence-corrected chi connectivity index (χ3v) is 1.94. The third kappa shape index (κ3) is 2.67. The number of hydrogen-bond donors (Lipinski definition) is 3. The second-order valence-electron chi connectivity index (χ2n) is 2.98. The summed E-state index contributed by atoms with van der Waals surface area (Å²) in [6, 6.07) is 1.75. The van der Waals surface area contributed by atoms with Crippen molar-refractivity contribution in [1.29, 1.82) is 5.41 Å². The van der Waals surface area contributed by atoms with Gasteiger partial charge in [0, 0.05) is 6.21 Å². The molecule has 0 saturated carbocycles. The smallest absolute Gasteiger partial charge is 0.342 e. The molecule has 8 nitrogen and oxygen atoms in total. The highest BCUT2D eigenvalue weighted by atomic mass is 16.6. The largest absolute Gasteiger partial charge is 0.477 e. The lowest BCUT2D eigenvalue weighted by Crippen LogP contribution is -2.10. The minimum Gasteiger partial charge on any atom is -0.477 e. The molecule has 0 aliphatic rings. The molecule has 0 spiro atoms. The summed E-state index contributed by atoms with van der Waals surface area (Å²) < 4.78 is 0. The second kappa shape index (κ2) is 5.53. The average Bonchev–Trinajstić information content (AvgIpc) is 2.26. The summed E-state index contributed by atoms with van der Waals surface area (Å²) >= 11 is 0. The van der Waals surface area contributed by atoms with Gasteiger partial charge in [-0.2, -0.15) is 0 Å². The van der Waals surface area contributed by atoms with Gasteiger partial charge in [0.25, 0.3) is 5.69 Å². The molecule has 0 amide bonds. The number of aromatic carboxylic acids is 2. The Bertz CT molecular complexity index is 502. The number of nitrogens with one attached hydrogen (secondary N) is 1. The molecule has 0 aliphatic carbocycles. The van der Waals surface area contributed by atoms with Crippen LogP contribution in [0.3, 0.4) is 0 Å². The van der Waals surface area contributed by atoms with E-state index in [0.29, 0.717) is 6.21 Å². The molecule has 1 rings (SSSR count). The molecule has 0 saturated heterocycles. The fraction of sp³-hybridized carbons (Fsp3) is 0.100. The molecular formula is C10H10N2O6. The van der Waals surface area contributed by atoms with Crippen LogP contribution in [-0.4, -0.2) is 33.3 Å². The number of carboxylic acid groups (broad SMARTS) is 2. The van der Waals surface area contributed by atoms with Crippen molar-refractivity contribution >= 4 is 23.8 Å². The Labute approximate surface area is 101 Å². The fourth-order valence-electron chi connectivity index (χ4n) is 1.26. The molecule has 0 fully saturated rings. The normalized spacial score (nSPS) is 9.11. The van der Waals surface area contributed by atoms with Crippen LogP contribution in [0.2, 0.25) is 0 Å². The SMILES string of the molecule is C.N=Cc1cc(C(=O)O)c([N+](=O)[O-])c(C(=O)O)c1. The van der Waals surface area contributed by atoms with E-state index in [1.54, 1.807) is 0 Å². The number of nitro groups is 1. The van der Waals surface area contributed by atoms with E-state index in [0.717, 1.165) is 12.1 Å². The predicted octanol–water partition coefficient (Wildman–Crippen LogP) is 1.62. The average molecular weight is 254 g/mol. The highest BCUT2D eigenvalue weighted by Crippen LogP contribution is 2.25. The van der Waals surface area contributed by atoms with Crippen molar-refractivity contribution in [1.82, 2.24) is 0 Å². The molecule has 8 heteroatoms. The standard InChI is InChI=1S/C9H6N2O6.CH4/c10-3-4-1-5(8(12)13)7(11(16)17)6(2-4)9(14)15;/h1-3,10H,(H,12,13)(H,14,15);1H4. The predicted molar refractivity (Wildman–Crippen MR) is 61.6 cm³/mol. The lowest BCUT2D eigenvalue weighted by Gasteiger charge is -2.03. The van der Waals surface area contributed by atoms with E-state index in [2.05, 4.69) is 0 Å².